The number of rotatable bonds is 4. The maximum atomic E-state index is 11.1. The van der Waals surface area contributed by atoms with Crippen LogP contribution >= 0.6 is 0 Å². The van der Waals surface area contributed by atoms with Gasteiger partial charge in [-0.25, -0.2) is 4.79 Å². The summed E-state index contributed by atoms with van der Waals surface area (Å²) in [6, 6.07) is 25.2. The van der Waals surface area contributed by atoms with E-state index in [1.165, 1.54) is 12.7 Å². The Balaban J connectivity index is 1.67. The van der Waals surface area contributed by atoms with Crippen LogP contribution in [0.5, 0.6) is 11.5 Å². The van der Waals surface area contributed by atoms with E-state index in [-0.39, 0.29) is 0 Å². The van der Waals surface area contributed by atoms with E-state index in [0.29, 0.717) is 11.4 Å². The van der Waals surface area contributed by atoms with Crippen LogP contribution in [0, 0.1) is 0 Å². The third-order valence-corrected chi connectivity index (χ3v) is 3.48. The number of hydrogen-bond acceptors (Lipinski definition) is 3. The van der Waals surface area contributed by atoms with Gasteiger partial charge < -0.3 is 9.47 Å². The summed E-state index contributed by atoms with van der Waals surface area (Å²) >= 11 is 0. The van der Waals surface area contributed by atoms with Crippen molar-refractivity contribution in [2.24, 2.45) is 0 Å². The molecule has 0 spiro atoms. The Hall–Kier alpha value is -3.27. The van der Waals surface area contributed by atoms with Crippen molar-refractivity contribution in [3.05, 3.63) is 78.9 Å². The number of nitrogens with one attached hydrogen (secondary N) is 1. The number of ether oxygens (including phenoxy) is 2. The van der Waals surface area contributed by atoms with Gasteiger partial charge in [-0.15, -0.1) is 0 Å². The quantitative estimate of drug-likeness (QED) is 0.707. The van der Waals surface area contributed by atoms with Gasteiger partial charge in [0.05, 0.1) is 7.11 Å². The lowest BCUT2D eigenvalue weighted by Gasteiger charge is -2.08. The SMILES string of the molecule is COC(=O)Nc1ccc(Oc2ccc(-c3ccccc3)cc2)cc1. The van der Waals surface area contributed by atoms with Gasteiger partial charge in [0.25, 0.3) is 0 Å². The largest absolute Gasteiger partial charge is 0.457 e. The lowest BCUT2D eigenvalue weighted by atomic mass is 10.1. The predicted octanol–water partition coefficient (Wildman–Crippen LogP) is 5.32. The van der Waals surface area contributed by atoms with Gasteiger partial charge >= 0.3 is 6.09 Å². The Bertz CT molecular complexity index is 797. The second-order valence-corrected chi connectivity index (χ2v) is 5.13. The maximum absolute atomic E-state index is 11.1. The molecule has 24 heavy (non-hydrogen) atoms. The summed E-state index contributed by atoms with van der Waals surface area (Å²) in [5.41, 5.74) is 2.96. The van der Waals surface area contributed by atoms with E-state index in [1.54, 1.807) is 24.3 Å². The predicted molar refractivity (Wildman–Crippen MR) is 94.4 cm³/mol. The lowest BCUT2D eigenvalue weighted by molar-refractivity contribution is 0.187. The summed E-state index contributed by atoms with van der Waals surface area (Å²) in [4.78, 5) is 11.1. The fourth-order valence-corrected chi connectivity index (χ4v) is 2.26. The molecule has 0 unspecified atom stereocenters. The van der Waals surface area contributed by atoms with E-state index in [9.17, 15) is 4.79 Å². The van der Waals surface area contributed by atoms with E-state index in [1.807, 2.05) is 42.5 Å². The van der Waals surface area contributed by atoms with Crippen molar-refractivity contribution < 1.29 is 14.3 Å². The fraction of sp³-hybridized carbons (Fsp3) is 0.0500. The van der Waals surface area contributed by atoms with Crippen LogP contribution in [0.25, 0.3) is 11.1 Å². The number of benzene rings is 3. The molecule has 4 nitrogen and oxygen atoms in total. The first kappa shape index (κ1) is 15.6. The second-order valence-electron chi connectivity index (χ2n) is 5.13. The van der Waals surface area contributed by atoms with E-state index >= 15 is 0 Å². The highest BCUT2D eigenvalue weighted by Crippen LogP contribution is 2.26. The Labute approximate surface area is 140 Å². The lowest BCUT2D eigenvalue weighted by Crippen LogP contribution is -2.10. The molecule has 0 radical (unpaired) electrons. The highest BCUT2D eigenvalue weighted by Gasteiger charge is 2.02. The molecule has 0 fully saturated rings. The first-order valence-electron chi connectivity index (χ1n) is 7.53. The van der Waals surface area contributed by atoms with E-state index < -0.39 is 6.09 Å². The van der Waals surface area contributed by atoms with Gasteiger partial charge in [0, 0.05) is 5.69 Å². The van der Waals surface area contributed by atoms with Crippen LogP contribution in [-0.4, -0.2) is 13.2 Å². The maximum Gasteiger partial charge on any atom is 0.411 e. The molecule has 0 aliphatic heterocycles. The van der Waals surface area contributed by atoms with Crippen LogP contribution in [-0.2, 0) is 4.74 Å². The summed E-state index contributed by atoms with van der Waals surface area (Å²) < 4.78 is 10.4. The zero-order valence-corrected chi connectivity index (χ0v) is 13.2. The number of anilines is 1. The van der Waals surface area contributed by atoms with Crippen molar-refractivity contribution >= 4 is 11.8 Å². The number of carbonyl (C=O) groups is 1. The van der Waals surface area contributed by atoms with Crippen LogP contribution < -0.4 is 10.1 Å². The summed E-state index contributed by atoms with van der Waals surface area (Å²) in [6.45, 7) is 0. The standard InChI is InChI=1S/C20H17NO3/c1-23-20(22)21-17-9-13-19(14-10-17)24-18-11-7-16(8-12-18)15-5-3-2-4-6-15/h2-14H,1H3,(H,21,22). The van der Waals surface area contributed by atoms with Crippen LogP contribution in [0.1, 0.15) is 0 Å². The number of hydrogen-bond donors (Lipinski definition) is 1. The van der Waals surface area contributed by atoms with Crippen LogP contribution in [0.4, 0.5) is 10.5 Å². The normalized spacial score (nSPS) is 10.0. The number of carbonyl (C=O) groups excluding carboxylic acids is 1. The van der Waals surface area contributed by atoms with Crippen molar-refractivity contribution in [1.82, 2.24) is 0 Å². The van der Waals surface area contributed by atoms with Crippen LogP contribution in [0.3, 0.4) is 0 Å². The second kappa shape index (κ2) is 7.33. The highest BCUT2D eigenvalue weighted by atomic mass is 16.5. The minimum Gasteiger partial charge on any atom is -0.457 e. The molecule has 4 heteroatoms. The van der Waals surface area contributed by atoms with Gasteiger partial charge in [-0.1, -0.05) is 42.5 Å². The molecule has 0 aliphatic rings. The molecule has 120 valence electrons. The van der Waals surface area contributed by atoms with Gasteiger partial charge in [-0.2, -0.15) is 0 Å². The van der Waals surface area contributed by atoms with Crippen molar-refractivity contribution in [2.75, 3.05) is 12.4 Å². The molecule has 0 aliphatic carbocycles. The molecule has 1 amide bonds. The Morgan fingerprint density at radius 1 is 0.750 bits per heavy atom. The molecule has 3 aromatic carbocycles. The molecule has 0 saturated carbocycles. The van der Waals surface area contributed by atoms with E-state index in [2.05, 4.69) is 22.2 Å². The molecule has 1 N–H and O–H groups in total. The average molecular weight is 319 g/mol. The third-order valence-electron chi connectivity index (χ3n) is 3.48. The summed E-state index contributed by atoms with van der Waals surface area (Å²) in [5, 5.41) is 2.59. The Morgan fingerprint density at radius 3 is 1.88 bits per heavy atom. The first-order chi connectivity index (χ1) is 11.7. The van der Waals surface area contributed by atoms with Gasteiger partial charge in [0.1, 0.15) is 11.5 Å². The number of amides is 1. The van der Waals surface area contributed by atoms with Gasteiger partial charge in [-0.3, -0.25) is 5.32 Å². The Morgan fingerprint density at radius 2 is 1.29 bits per heavy atom. The molecule has 3 aromatic rings. The van der Waals surface area contributed by atoms with E-state index in [0.717, 1.165) is 11.3 Å². The molecule has 0 atom stereocenters. The van der Waals surface area contributed by atoms with Crippen molar-refractivity contribution in [1.29, 1.82) is 0 Å². The van der Waals surface area contributed by atoms with Crippen LogP contribution in [0.15, 0.2) is 78.9 Å². The Kier molecular flexibility index (Phi) is 4.77. The van der Waals surface area contributed by atoms with Gasteiger partial charge in [0.2, 0.25) is 0 Å². The summed E-state index contributed by atoms with van der Waals surface area (Å²) in [6.07, 6.45) is -0.500. The minimum atomic E-state index is -0.500. The van der Waals surface area contributed by atoms with Crippen molar-refractivity contribution in [2.45, 2.75) is 0 Å². The summed E-state index contributed by atoms with van der Waals surface area (Å²) in [7, 11) is 1.33. The molecule has 0 bridgehead atoms. The zero-order chi connectivity index (χ0) is 16.8. The molecule has 3 rings (SSSR count). The molecular formula is C20H17NO3. The molecule has 0 heterocycles. The van der Waals surface area contributed by atoms with Crippen molar-refractivity contribution in [3.63, 3.8) is 0 Å². The van der Waals surface area contributed by atoms with Crippen LogP contribution in [0.2, 0.25) is 0 Å². The highest BCUT2D eigenvalue weighted by molar-refractivity contribution is 5.84. The molecular weight excluding hydrogens is 302 g/mol. The fourth-order valence-electron chi connectivity index (χ4n) is 2.26. The molecule has 0 aromatic heterocycles. The number of methoxy groups -OCH3 is 1. The third kappa shape index (κ3) is 3.93. The average Bonchev–Trinajstić information content (AvgIpc) is 2.64. The monoisotopic (exact) mass is 319 g/mol. The first-order valence-corrected chi connectivity index (χ1v) is 7.53. The summed E-state index contributed by atoms with van der Waals surface area (Å²) in [5.74, 6) is 1.45. The van der Waals surface area contributed by atoms with E-state index in [4.69, 9.17) is 4.74 Å². The van der Waals surface area contributed by atoms with Crippen molar-refractivity contribution in [3.8, 4) is 22.6 Å². The molecule has 0 saturated heterocycles. The minimum absolute atomic E-state index is 0.500. The van der Waals surface area contributed by atoms with Gasteiger partial charge in [-0.05, 0) is 47.5 Å². The topological polar surface area (TPSA) is 47.6 Å². The smallest absolute Gasteiger partial charge is 0.411 e. The van der Waals surface area contributed by atoms with Gasteiger partial charge in [0.15, 0.2) is 0 Å². The zero-order valence-electron chi connectivity index (χ0n) is 13.2.